The summed E-state index contributed by atoms with van der Waals surface area (Å²) in [4.78, 5) is 14.3. The standard InChI is InChI=1S/C17H21F2NO2/c1-2-14-9-12(5-7-22-14)17(21)20-6-3-4-11-8-13(18)10-15(19)16(11)20/h8,10,12,14H,2-7,9H2,1H3. The number of benzene rings is 1. The van der Waals surface area contributed by atoms with E-state index in [1.165, 1.54) is 11.0 Å². The van der Waals surface area contributed by atoms with Crippen molar-refractivity contribution in [3.8, 4) is 0 Å². The van der Waals surface area contributed by atoms with Gasteiger partial charge < -0.3 is 9.64 Å². The zero-order valence-electron chi connectivity index (χ0n) is 12.8. The maximum absolute atomic E-state index is 14.2. The molecule has 0 bridgehead atoms. The van der Waals surface area contributed by atoms with Crippen LogP contribution in [0.2, 0.25) is 0 Å². The molecule has 1 amide bonds. The van der Waals surface area contributed by atoms with Crippen molar-refractivity contribution in [2.75, 3.05) is 18.1 Å². The lowest BCUT2D eigenvalue weighted by atomic mass is 9.91. The highest BCUT2D eigenvalue weighted by atomic mass is 19.1. The normalized spacial score (nSPS) is 25.0. The van der Waals surface area contributed by atoms with Crippen LogP contribution >= 0.6 is 0 Å². The Labute approximate surface area is 129 Å². The third-order valence-electron chi connectivity index (χ3n) is 4.64. The molecule has 2 aliphatic heterocycles. The van der Waals surface area contributed by atoms with Gasteiger partial charge in [-0.1, -0.05) is 6.92 Å². The second kappa shape index (κ2) is 6.32. The van der Waals surface area contributed by atoms with E-state index < -0.39 is 11.6 Å². The van der Waals surface area contributed by atoms with E-state index in [2.05, 4.69) is 0 Å². The van der Waals surface area contributed by atoms with Gasteiger partial charge >= 0.3 is 0 Å². The molecule has 2 unspecified atom stereocenters. The van der Waals surface area contributed by atoms with Crippen molar-refractivity contribution in [3.63, 3.8) is 0 Å². The molecule has 3 nitrogen and oxygen atoms in total. The van der Waals surface area contributed by atoms with E-state index in [0.29, 0.717) is 38.0 Å². The third-order valence-corrected chi connectivity index (χ3v) is 4.64. The van der Waals surface area contributed by atoms with Crippen LogP contribution in [0.4, 0.5) is 14.5 Å². The van der Waals surface area contributed by atoms with Gasteiger partial charge in [-0.25, -0.2) is 8.78 Å². The Bertz CT molecular complexity index is 576. The highest BCUT2D eigenvalue weighted by Crippen LogP contribution is 2.34. The van der Waals surface area contributed by atoms with Crippen LogP contribution in [0.1, 0.15) is 38.2 Å². The molecule has 0 N–H and O–H groups in total. The lowest BCUT2D eigenvalue weighted by molar-refractivity contribution is -0.127. The van der Waals surface area contributed by atoms with Crippen molar-refractivity contribution in [3.05, 3.63) is 29.3 Å². The molecule has 2 atom stereocenters. The first kappa shape index (κ1) is 15.4. The number of anilines is 1. The maximum Gasteiger partial charge on any atom is 0.230 e. The van der Waals surface area contributed by atoms with Crippen LogP contribution in [0.5, 0.6) is 0 Å². The van der Waals surface area contributed by atoms with Crippen molar-refractivity contribution >= 4 is 11.6 Å². The predicted octanol–water partition coefficient (Wildman–Crippen LogP) is 3.45. The summed E-state index contributed by atoms with van der Waals surface area (Å²) in [5.74, 6) is -1.40. The molecule has 1 saturated heterocycles. The fourth-order valence-electron chi connectivity index (χ4n) is 3.48. The molecule has 0 spiro atoms. The molecule has 2 aliphatic rings. The molecule has 2 heterocycles. The number of hydrogen-bond donors (Lipinski definition) is 0. The highest BCUT2D eigenvalue weighted by Gasteiger charge is 2.34. The number of carbonyl (C=O) groups is 1. The van der Waals surface area contributed by atoms with Crippen LogP contribution < -0.4 is 4.90 Å². The average Bonchev–Trinajstić information content (AvgIpc) is 2.53. The Hall–Kier alpha value is -1.49. The van der Waals surface area contributed by atoms with Crippen LogP contribution in [0.3, 0.4) is 0 Å². The third kappa shape index (κ3) is 2.86. The fourth-order valence-corrected chi connectivity index (χ4v) is 3.48. The van der Waals surface area contributed by atoms with Gasteiger partial charge in [0.25, 0.3) is 0 Å². The second-order valence-electron chi connectivity index (χ2n) is 6.11. The van der Waals surface area contributed by atoms with Crippen molar-refractivity contribution in [1.29, 1.82) is 0 Å². The van der Waals surface area contributed by atoms with Crippen LogP contribution in [0.15, 0.2) is 12.1 Å². The SMILES string of the molecule is CCC1CC(C(=O)N2CCCc3cc(F)cc(F)c32)CCO1. The van der Waals surface area contributed by atoms with Gasteiger partial charge in [0.2, 0.25) is 5.91 Å². The highest BCUT2D eigenvalue weighted by molar-refractivity contribution is 5.96. The lowest BCUT2D eigenvalue weighted by Crippen LogP contribution is -2.43. The van der Waals surface area contributed by atoms with Crippen molar-refractivity contribution in [2.24, 2.45) is 5.92 Å². The van der Waals surface area contributed by atoms with E-state index in [1.54, 1.807) is 0 Å². The van der Waals surface area contributed by atoms with E-state index >= 15 is 0 Å². The zero-order chi connectivity index (χ0) is 15.7. The molecule has 1 fully saturated rings. The Kier molecular flexibility index (Phi) is 4.43. The van der Waals surface area contributed by atoms with Gasteiger partial charge in [-0.3, -0.25) is 4.79 Å². The number of amides is 1. The molecule has 120 valence electrons. The minimum Gasteiger partial charge on any atom is -0.378 e. The predicted molar refractivity (Wildman–Crippen MR) is 79.8 cm³/mol. The summed E-state index contributed by atoms with van der Waals surface area (Å²) < 4.78 is 33.2. The van der Waals surface area contributed by atoms with Gasteiger partial charge in [0.15, 0.2) is 0 Å². The van der Waals surface area contributed by atoms with Crippen LogP contribution in [-0.2, 0) is 16.0 Å². The Morgan fingerprint density at radius 3 is 3.00 bits per heavy atom. The van der Waals surface area contributed by atoms with Gasteiger partial charge in [-0.2, -0.15) is 0 Å². The molecule has 1 aromatic carbocycles. The largest absolute Gasteiger partial charge is 0.378 e. The fraction of sp³-hybridized carbons (Fsp3) is 0.588. The van der Waals surface area contributed by atoms with E-state index in [-0.39, 0.29) is 23.6 Å². The summed E-state index contributed by atoms with van der Waals surface area (Å²) >= 11 is 0. The summed E-state index contributed by atoms with van der Waals surface area (Å²) in [7, 11) is 0. The van der Waals surface area contributed by atoms with Crippen LogP contribution in [-0.4, -0.2) is 25.2 Å². The number of carbonyl (C=O) groups excluding carboxylic acids is 1. The van der Waals surface area contributed by atoms with Gasteiger partial charge in [-0.15, -0.1) is 0 Å². The van der Waals surface area contributed by atoms with Crippen molar-refractivity contribution in [2.45, 2.75) is 45.1 Å². The zero-order valence-corrected chi connectivity index (χ0v) is 12.8. The van der Waals surface area contributed by atoms with Crippen LogP contribution in [0, 0.1) is 17.6 Å². The lowest BCUT2D eigenvalue weighted by Gasteiger charge is -2.35. The molecule has 0 saturated carbocycles. The Morgan fingerprint density at radius 2 is 2.23 bits per heavy atom. The number of ether oxygens (including phenoxy) is 1. The molecular weight excluding hydrogens is 288 g/mol. The van der Waals surface area contributed by atoms with Gasteiger partial charge in [0, 0.05) is 25.1 Å². The topological polar surface area (TPSA) is 29.5 Å². The first-order valence-electron chi connectivity index (χ1n) is 8.01. The van der Waals surface area contributed by atoms with Crippen LogP contribution in [0.25, 0.3) is 0 Å². The number of rotatable bonds is 2. The number of fused-ring (bicyclic) bond motifs is 1. The number of aryl methyl sites for hydroxylation is 1. The molecule has 22 heavy (non-hydrogen) atoms. The van der Waals surface area contributed by atoms with Gasteiger partial charge in [0.1, 0.15) is 11.6 Å². The van der Waals surface area contributed by atoms with E-state index in [0.717, 1.165) is 18.9 Å². The minimum absolute atomic E-state index is 0.0480. The van der Waals surface area contributed by atoms with Gasteiger partial charge in [0.05, 0.1) is 11.8 Å². The number of hydrogen-bond acceptors (Lipinski definition) is 2. The van der Waals surface area contributed by atoms with E-state index in [9.17, 15) is 13.6 Å². The monoisotopic (exact) mass is 309 g/mol. The van der Waals surface area contributed by atoms with E-state index in [1.807, 2.05) is 6.92 Å². The number of halogens is 2. The summed E-state index contributed by atoms with van der Waals surface area (Å²) in [6.07, 6.45) is 3.68. The van der Waals surface area contributed by atoms with Crippen molar-refractivity contribution < 1.29 is 18.3 Å². The molecule has 0 aliphatic carbocycles. The average molecular weight is 309 g/mol. The Balaban J connectivity index is 1.86. The molecule has 0 radical (unpaired) electrons. The second-order valence-corrected chi connectivity index (χ2v) is 6.11. The Morgan fingerprint density at radius 1 is 1.41 bits per heavy atom. The first-order valence-corrected chi connectivity index (χ1v) is 8.01. The smallest absolute Gasteiger partial charge is 0.230 e. The van der Waals surface area contributed by atoms with Gasteiger partial charge in [-0.05, 0) is 43.7 Å². The minimum atomic E-state index is -0.637. The van der Waals surface area contributed by atoms with E-state index in [4.69, 9.17) is 4.74 Å². The van der Waals surface area contributed by atoms with Crippen molar-refractivity contribution in [1.82, 2.24) is 0 Å². The summed E-state index contributed by atoms with van der Waals surface area (Å²) in [5.41, 5.74) is 0.869. The molecule has 1 aromatic rings. The quantitative estimate of drug-likeness (QED) is 0.837. The summed E-state index contributed by atoms with van der Waals surface area (Å²) in [5, 5.41) is 0. The number of nitrogens with zero attached hydrogens (tertiary/aromatic N) is 1. The molecular formula is C17H21F2NO2. The molecule has 5 heteroatoms. The summed E-state index contributed by atoms with van der Waals surface area (Å²) in [6, 6.07) is 2.21. The summed E-state index contributed by atoms with van der Waals surface area (Å²) in [6.45, 7) is 3.11. The maximum atomic E-state index is 14.2. The first-order chi connectivity index (χ1) is 10.6. The molecule has 0 aromatic heterocycles. The molecule has 3 rings (SSSR count).